The number of unbranched alkanes of at least 4 members (excludes halogenated alkanes) is 9. The van der Waals surface area contributed by atoms with Crippen molar-refractivity contribution >= 4 is 27.8 Å². The molecular weight excluding hydrogens is 290 g/mol. The molecule has 0 aliphatic rings. The van der Waals surface area contributed by atoms with Gasteiger partial charge in [0.15, 0.2) is 17.4 Å². The molecule has 0 aromatic heterocycles. The molecule has 0 aromatic rings. The molecule has 4 nitrogen and oxygen atoms in total. The van der Waals surface area contributed by atoms with E-state index in [9.17, 15) is 13.0 Å². The Morgan fingerprint density at radius 2 is 1.21 bits per heavy atom. The van der Waals surface area contributed by atoms with Crippen LogP contribution in [-0.2, 0) is 14.6 Å². The standard InChI is InChI=1S/C12H26O4S.Al.Na.3H/c1-2-3-4-5-6-7-8-9-10-11-12-16-17(13,14)15;;;;;/h2-12H2,1H3,(H,13,14,15);;;;;/q;;+1;;;/p-1. The fourth-order valence-corrected chi connectivity index (χ4v) is 2.07. The number of hydrogen-bond acceptors (Lipinski definition) is 4. The fourth-order valence-electron chi connectivity index (χ4n) is 1.75. The van der Waals surface area contributed by atoms with Crippen LogP contribution in [0.2, 0.25) is 0 Å². The van der Waals surface area contributed by atoms with Crippen molar-refractivity contribution < 1.29 is 46.7 Å². The van der Waals surface area contributed by atoms with Crippen molar-refractivity contribution in [2.24, 2.45) is 0 Å². The van der Waals surface area contributed by atoms with Crippen LogP contribution in [0.25, 0.3) is 0 Å². The summed E-state index contributed by atoms with van der Waals surface area (Å²) in [6, 6.07) is 0. The van der Waals surface area contributed by atoms with Crippen LogP contribution in [0.5, 0.6) is 0 Å². The third kappa shape index (κ3) is 24.8. The Morgan fingerprint density at radius 1 is 0.842 bits per heavy atom. The second kappa shape index (κ2) is 17.5. The van der Waals surface area contributed by atoms with E-state index in [1.807, 2.05) is 0 Å². The van der Waals surface area contributed by atoms with Crippen LogP contribution in [0.1, 0.15) is 71.1 Å². The van der Waals surface area contributed by atoms with Gasteiger partial charge in [0, 0.05) is 0 Å². The first-order valence-corrected chi connectivity index (χ1v) is 8.00. The summed E-state index contributed by atoms with van der Waals surface area (Å²) in [6.45, 7) is 2.24. The van der Waals surface area contributed by atoms with Crippen LogP contribution in [-0.4, -0.2) is 36.9 Å². The molecule has 0 aliphatic carbocycles. The molecule has 0 heterocycles. The SMILES string of the molecule is CCCCCCCCCCCCOS(=O)(=O)[O-].[AlH3].[Na+]. The Kier molecular flexibility index (Phi) is 23.3. The Hall–Kier alpha value is 1.40. The van der Waals surface area contributed by atoms with Crippen molar-refractivity contribution in [1.29, 1.82) is 0 Å². The Balaban J connectivity index is -0.00000128. The van der Waals surface area contributed by atoms with Gasteiger partial charge in [0.1, 0.15) is 0 Å². The molecule has 0 fully saturated rings. The molecule has 0 amide bonds. The van der Waals surface area contributed by atoms with Crippen molar-refractivity contribution in [3.63, 3.8) is 0 Å². The molecule has 0 atom stereocenters. The minimum absolute atomic E-state index is 0. The molecule has 0 unspecified atom stereocenters. The summed E-state index contributed by atoms with van der Waals surface area (Å²) in [4.78, 5) is 0. The van der Waals surface area contributed by atoms with Gasteiger partial charge in [-0.1, -0.05) is 64.7 Å². The van der Waals surface area contributed by atoms with E-state index >= 15 is 0 Å². The maximum absolute atomic E-state index is 10.1. The zero-order valence-corrected chi connectivity index (χ0v) is 14.6. The first-order chi connectivity index (χ1) is 8.06. The summed E-state index contributed by atoms with van der Waals surface area (Å²) in [5.74, 6) is 0. The van der Waals surface area contributed by atoms with Crippen molar-refractivity contribution in [2.75, 3.05) is 6.61 Å². The summed E-state index contributed by atoms with van der Waals surface area (Å²) in [5, 5.41) is 0. The van der Waals surface area contributed by atoms with E-state index in [0.717, 1.165) is 12.8 Å². The van der Waals surface area contributed by atoms with Gasteiger partial charge in [0.25, 0.3) is 0 Å². The normalized spacial score (nSPS) is 10.6. The third-order valence-corrected chi connectivity index (χ3v) is 3.18. The van der Waals surface area contributed by atoms with Crippen LogP contribution in [0, 0.1) is 0 Å². The molecule has 110 valence electrons. The van der Waals surface area contributed by atoms with Gasteiger partial charge in [0.2, 0.25) is 10.4 Å². The minimum atomic E-state index is -4.48. The van der Waals surface area contributed by atoms with Gasteiger partial charge < -0.3 is 4.55 Å². The Bertz CT molecular complexity index is 260. The Labute approximate surface area is 151 Å². The first-order valence-electron chi connectivity index (χ1n) is 6.66. The quantitative estimate of drug-likeness (QED) is 0.205. The first kappa shape index (κ1) is 25.4. The minimum Gasteiger partial charge on any atom is -0.726 e. The molecule has 0 bridgehead atoms. The molecular formula is C12H28AlNaO4S. The fraction of sp³-hybridized carbons (Fsp3) is 1.00. The predicted octanol–water partition coefficient (Wildman–Crippen LogP) is -0.796. The van der Waals surface area contributed by atoms with Crippen molar-refractivity contribution in [2.45, 2.75) is 71.1 Å². The molecule has 7 heteroatoms. The van der Waals surface area contributed by atoms with Crippen molar-refractivity contribution in [1.82, 2.24) is 0 Å². The largest absolute Gasteiger partial charge is 1.00 e. The van der Waals surface area contributed by atoms with E-state index in [1.165, 1.54) is 44.9 Å². The van der Waals surface area contributed by atoms with Crippen molar-refractivity contribution in [3.05, 3.63) is 0 Å². The maximum atomic E-state index is 10.1. The molecule has 19 heavy (non-hydrogen) atoms. The number of hydrogen-bond donors (Lipinski definition) is 0. The monoisotopic (exact) mass is 318 g/mol. The summed E-state index contributed by atoms with van der Waals surface area (Å²) >= 11 is 0. The zero-order chi connectivity index (χ0) is 13.0. The summed E-state index contributed by atoms with van der Waals surface area (Å²) in [7, 11) is -4.48. The molecule has 0 aliphatic heterocycles. The van der Waals surface area contributed by atoms with Gasteiger partial charge in [0.05, 0.1) is 6.61 Å². The molecule has 0 rings (SSSR count). The summed E-state index contributed by atoms with van der Waals surface area (Å²) in [6.07, 6.45) is 11.7. The second-order valence-corrected chi connectivity index (χ2v) is 5.46. The molecule has 0 spiro atoms. The van der Waals surface area contributed by atoms with Crippen LogP contribution in [0.3, 0.4) is 0 Å². The van der Waals surface area contributed by atoms with Gasteiger partial charge >= 0.3 is 29.6 Å². The van der Waals surface area contributed by atoms with Gasteiger partial charge in [-0.2, -0.15) is 0 Å². The van der Waals surface area contributed by atoms with Crippen molar-refractivity contribution in [3.8, 4) is 0 Å². The maximum Gasteiger partial charge on any atom is 1.00 e. The van der Waals surface area contributed by atoms with Gasteiger partial charge in [-0.25, -0.2) is 8.42 Å². The Morgan fingerprint density at radius 3 is 1.58 bits per heavy atom. The van der Waals surface area contributed by atoms with Crippen LogP contribution in [0.4, 0.5) is 0 Å². The van der Waals surface area contributed by atoms with E-state index in [4.69, 9.17) is 0 Å². The van der Waals surface area contributed by atoms with E-state index in [-0.39, 0.29) is 53.5 Å². The average Bonchev–Trinajstić information content (AvgIpc) is 2.24. The molecule has 0 radical (unpaired) electrons. The van der Waals surface area contributed by atoms with E-state index in [1.54, 1.807) is 0 Å². The van der Waals surface area contributed by atoms with Gasteiger partial charge in [-0.15, -0.1) is 0 Å². The van der Waals surface area contributed by atoms with Crippen LogP contribution in [0.15, 0.2) is 0 Å². The molecule has 0 saturated heterocycles. The molecule has 0 aromatic carbocycles. The van der Waals surface area contributed by atoms with Gasteiger partial charge in [-0.3, -0.25) is 4.18 Å². The van der Waals surface area contributed by atoms with Crippen LogP contribution >= 0.6 is 0 Å². The molecule has 0 N–H and O–H groups in total. The average molecular weight is 318 g/mol. The van der Waals surface area contributed by atoms with E-state index in [0.29, 0.717) is 6.42 Å². The zero-order valence-electron chi connectivity index (χ0n) is 11.8. The second-order valence-electron chi connectivity index (χ2n) is 4.41. The summed E-state index contributed by atoms with van der Waals surface area (Å²) < 4.78 is 34.5. The smallest absolute Gasteiger partial charge is 0.726 e. The van der Waals surface area contributed by atoms with Gasteiger partial charge in [-0.05, 0) is 6.42 Å². The predicted molar refractivity (Wildman–Crippen MR) is 77.4 cm³/mol. The summed E-state index contributed by atoms with van der Waals surface area (Å²) in [5.41, 5.74) is 0. The molecule has 0 saturated carbocycles. The van der Waals surface area contributed by atoms with Crippen LogP contribution < -0.4 is 29.6 Å². The topological polar surface area (TPSA) is 66.4 Å². The number of rotatable bonds is 12. The van der Waals surface area contributed by atoms with E-state index in [2.05, 4.69) is 11.1 Å². The third-order valence-electron chi connectivity index (χ3n) is 2.73. The van der Waals surface area contributed by atoms with E-state index < -0.39 is 10.4 Å².